The summed E-state index contributed by atoms with van der Waals surface area (Å²) in [6, 6.07) is 5.79. The Morgan fingerprint density at radius 3 is 2.46 bits per heavy atom. The van der Waals surface area contributed by atoms with Crippen molar-refractivity contribution in [2.45, 2.75) is 96.8 Å². The van der Waals surface area contributed by atoms with Gasteiger partial charge in [-0.25, -0.2) is 9.69 Å². The number of aromatic nitrogens is 1. The Hall–Kier alpha value is -3.36. The molecule has 2 fully saturated rings. The maximum Gasteiger partial charge on any atom is 0.328 e. The van der Waals surface area contributed by atoms with Gasteiger partial charge in [0, 0.05) is 23.5 Å². The van der Waals surface area contributed by atoms with Gasteiger partial charge in [0.05, 0.1) is 5.69 Å². The fraction of sp³-hybridized carbons (Fsp3) is 0.600. The fourth-order valence-corrected chi connectivity index (χ4v) is 6.68. The van der Waals surface area contributed by atoms with Crippen LogP contribution in [0.2, 0.25) is 0 Å². The lowest BCUT2D eigenvalue weighted by molar-refractivity contribution is -0.142. The number of fused-ring (bicyclic) bond motifs is 5. The molecule has 210 valence electrons. The van der Waals surface area contributed by atoms with Crippen LogP contribution in [0.1, 0.15) is 78.0 Å². The SMILES string of the molecule is CCC(C)[C@H](NC(=O)[C@H](C(C)C)N1C(=O)N2CCc3c([nH]c4ccccc34)[C@@]2(C)C1=O)C(=O)NC1CCCC1. The molecule has 4 atom stereocenters. The minimum absolute atomic E-state index is 0.106. The number of carbonyl (C=O) groups is 4. The lowest BCUT2D eigenvalue weighted by atomic mass is 9.86. The molecule has 1 aromatic heterocycles. The number of nitrogens with zero attached hydrogens (tertiary/aromatic N) is 2. The number of amides is 5. The van der Waals surface area contributed by atoms with Crippen molar-refractivity contribution in [2.24, 2.45) is 11.8 Å². The van der Waals surface area contributed by atoms with Crippen LogP contribution < -0.4 is 10.6 Å². The van der Waals surface area contributed by atoms with Crippen molar-refractivity contribution in [3.63, 3.8) is 0 Å². The number of aromatic amines is 1. The first-order valence-electron chi connectivity index (χ1n) is 14.5. The number of imide groups is 1. The molecule has 1 saturated carbocycles. The van der Waals surface area contributed by atoms with Gasteiger partial charge in [-0.2, -0.15) is 0 Å². The second-order valence-corrected chi connectivity index (χ2v) is 12.0. The second-order valence-electron chi connectivity index (χ2n) is 12.0. The molecule has 39 heavy (non-hydrogen) atoms. The summed E-state index contributed by atoms with van der Waals surface area (Å²) in [5, 5.41) is 7.11. The topological polar surface area (TPSA) is 115 Å². The third-order valence-electron chi connectivity index (χ3n) is 9.17. The maximum atomic E-state index is 14.2. The summed E-state index contributed by atoms with van der Waals surface area (Å²) < 4.78 is 0. The molecule has 5 amide bonds. The molecule has 1 aromatic carbocycles. The van der Waals surface area contributed by atoms with Crippen LogP contribution in [-0.2, 0) is 26.3 Å². The van der Waals surface area contributed by atoms with Gasteiger partial charge in [0.2, 0.25) is 11.8 Å². The number of hydrogen-bond acceptors (Lipinski definition) is 4. The number of urea groups is 1. The van der Waals surface area contributed by atoms with Gasteiger partial charge in [0.1, 0.15) is 12.1 Å². The number of para-hydroxylation sites is 1. The van der Waals surface area contributed by atoms with E-state index in [2.05, 4.69) is 15.6 Å². The van der Waals surface area contributed by atoms with Crippen LogP contribution in [0.15, 0.2) is 24.3 Å². The summed E-state index contributed by atoms with van der Waals surface area (Å²) in [5.74, 6) is -1.53. The lowest BCUT2D eigenvalue weighted by Gasteiger charge is -2.36. The molecular weight excluding hydrogens is 494 g/mol. The highest BCUT2D eigenvalue weighted by Crippen LogP contribution is 2.45. The van der Waals surface area contributed by atoms with Gasteiger partial charge in [-0.3, -0.25) is 14.4 Å². The summed E-state index contributed by atoms with van der Waals surface area (Å²) in [5.41, 5.74) is 1.45. The Labute approximate surface area is 230 Å². The van der Waals surface area contributed by atoms with Gasteiger partial charge in [0.15, 0.2) is 5.54 Å². The Morgan fingerprint density at radius 2 is 1.79 bits per heavy atom. The predicted octanol–water partition coefficient (Wildman–Crippen LogP) is 3.82. The fourth-order valence-electron chi connectivity index (χ4n) is 6.68. The van der Waals surface area contributed by atoms with Crippen LogP contribution >= 0.6 is 0 Å². The van der Waals surface area contributed by atoms with E-state index in [0.29, 0.717) is 25.1 Å². The van der Waals surface area contributed by atoms with Crippen molar-refractivity contribution in [1.29, 1.82) is 0 Å². The van der Waals surface area contributed by atoms with E-state index in [-0.39, 0.29) is 23.8 Å². The van der Waals surface area contributed by atoms with Crippen molar-refractivity contribution < 1.29 is 19.2 Å². The summed E-state index contributed by atoms with van der Waals surface area (Å²) in [6.07, 6.45) is 5.40. The van der Waals surface area contributed by atoms with E-state index in [1.54, 1.807) is 11.8 Å². The molecule has 5 rings (SSSR count). The van der Waals surface area contributed by atoms with Crippen LogP contribution in [0.4, 0.5) is 4.79 Å². The highest BCUT2D eigenvalue weighted by Gasteiger charge is 2.61. The number of hydrogen-bond donors (Lipinski definition) is 3. The average Bonchev–Trinajstić information content (AvgIpc) is 3.60. The molecule has 3 aliphatic rings. The van der Waals surface area contributed by atoms with Crippen molar-refractivity contribution in [3.05, 3.63) is 35.5 Å². The molecule has 1 aliphatic carbocycles. The van der Waals surface area contributed by atoms with Gasteiger partial charge in [-0.05, 0) is 49.7 Å². The van der Waals surface area contributed by atoms with Gasteiger partial charge in [-0.15, -0.1) is 0 Å². The molecule has 0 radical (unpaired) electrons. The summed E-state index contributed by atoms with van der Waals surface area (Å²) in [6.45, 7) is 9.74. The molecule has 1 saturated heterocycles. The summed E-state index contributed by atoms with van der Waals surface area (Å²) >= 11 is 0. The van der Waals surface area contributed by atoms with Gasteiger partial charge >= 0.3 is 6.03 Å². The largest absolute Gasteiger partial charge is 0.356 e. The first kappa shape index (κ1) is 27.2. The van der Waals surface area contributed by atoms with Gasteiger partial charge < -0.3 is 20.5 Å². The molecule has 2 aromatic rings. The Kier molecular flexibility index (Phi) is 7.20. The zero-order valence-electron chi connectivity index (χ0n) is 23.7. The standard InChI is InChI=1S/C30H41N5O4/c1-6-18(4)23(26(36)31-19-11-7-8-12-19)33-27(37)24(17(2)3)35-28(38)30(5)25-21(15-16-34(30)29(35)39)20-13-9-10-14-22(20)32-25/h9-10,13-14,17-19,23-24,32H,6-8,11-12,15-16H2,1-5H3,(H,31,36)(H,33,37)/t18?,23-,24-,30-/m0/s1. The van der Waals surface area contributed by atoms with Crippen molar-refractivity contribution in [3.8, 4) is 0 Å². The Bertz CT molecular complexity index is 1300. The molecular formula is C30H41N5O4. The molecule has 3 N–H and O–H groups in total. The van der Waals surface area contributed by atoms with Crippen LogP contribution in [0.5, 0.6) is 0 Å². The highest BCUT2D eigenvalue weighted by molar-refractivity contribution is 6.11. The number of benzene rings is 1. The van der Waals surface area contributed by atoms with Crippen LogP contribution in [0.25, 0.3) is 10.9 Å². The second kappa shape index (κ2) is 10.3. The predicted molar refractivity (Wildman–Crippen MR) is 149 cm³/mol. The van der Waals surface area contributed by atoms with E-state index >= 15 is 0 Å². The molecule has 0 spiro atoms. The third-order valence-corrected chi connectivity index (χ3v) is 9.17. The van der Waals surface area contributed by atoms with Gasteiger partial charge in [0.25, 0.3) is 5.91 Å². The average molecular weight is 536 g/mol. The molecule has 0 bridgehead atoms. The van der Waals surface area contributed by atoms with Crippen LogP contribution in [0.3, 0.4) is 0 Å². The summed E-state index contributed by atoms with van der Waals surface area (Å²) in [7, 11) is 0. The lowest BCUT2D eigenvalue weighted by Crippen LogP contribution is -2.59. The van der Waals surface area contributed by atoms with E-state index in [1.165, 1.54) is 0 Å². The molecule has 2 aliphatic heterocycles. The third kappa shape index (κ3) is 4.39. The highest BCUT2D eigenvalue weighted by atomic mass is 16.2. The van der Waals surface area contributed by atoms with E-state index in [0.717, 1.165) is 47.0 Å². The van der Waals surface area contributed by atoms with E-state index in [1.807, 2.05) is 52.0 Å². The Balaban J connectivity index is 1.44. The monoisotopic (exact) mass is 535 g/mol. The first-order chi connectivity index (χ1) is 18.6. The molecule has 9 nitrogen and oxygen atoms in total. The Morgan fingerprint density at radius 1 is 1.10 bits per heavy atom. The number of H-pyrrole nitrogens is 1. The number of carbonyl (C=O) groups excluding carboxylic acids is 4. The quantitative estimate of drug-likeness (QED) is 0.446. The summed E-state index contributed by atoms with van der Waals surface area (Å²) in [4.78, 5) is 61.3. The van der Waals surface area contributed by atoms with Crippen LogP contribution in [-0.4, -0.2) is 63.2 Å². The van der Waals surface area contributed by atoms with Crippen molar-refractivity contribution >= 4 is 34.7 Å². The number of nitrogens with one attached hydrogen (secondary N) is 3. The van der Waals surface area contributed by atoms with E-state index in [4.69, 9.17) is 0 Å². The normalized spacial score (nSPS) is 23.6. The minimum atomic E-state index is -1.23. The van der Waals surface area contributed by atoms with Crippen molar-refractivity contribution in [1.82, 2.24) is 25.4 Å². The molecule has 9 heteroatoms. The van der Waals surface area contributed by atoms with E-state index in [9.17, 15) is 19.2 Å². The molecule has 3 heterocycles. The number of rotatable bonds is 8. The van der Waals surface area contributed by atoms with Gasteiger partial charge in [-0.1, -0.05) is 65.2 Å². The van der Waals surface area contributed by atoms with Crippen LogP contribution in [0, 0.1) is 11.8 Å². The minimum Gasteiger partial charge on any atom is -0.356 e. The van der Waals surface area contributed by atoms with Crippen molar-refractivity contribution in [2.75, 3.05) is 6.54 Å². The smallest absolute Gasteiger partial charge is 0.328 e. The zero-order valence-corrected chi connectivity index (χ0v) is 23.7. The zero-order chi connectivity index (χ0) is 28.1. The maximum absolute atomic E-state index is 14.2. The van der Waals surface area contributed by atoms with E-state index < -0.39 is 35.5 Å². The molecule has 1 unspecified atom stereocenters. The first-order valence-corrected chi connectivity index (χ1v) is 14.5.